The summed E-state index contributed by atoms with van der Waals surface area (Å²) in [7, 11) is -3.73. The van der Waals surface area contributed by atoms with Gasteiger partial charge in [0, 0.05) is 5.92 Å². The predicted molar refractivity (Wildman–Crippen MR) is 74.6 cm³/mol. The van der Waals surface area contributed by atoms with Crippen molar-refractivity contribution in [3.63, 3.8) is 0 Å². The second-order valence-corrected chi connectivity index (χ2v) is 5.99. The number of hydrogen-bond donors (Lipinski definition) is 2. The van der Waals surface area contributed by atoms with E-state index in [-0.39, 0.29) is 23.2 Å². The lowest BCUT2D eigenvalue weighted by molar-refractivity contribution is -0.123. The number of amides is 1. The summed E-state index contributed by atoms with van der Waals surface area (Å²) in [5.41, 5.74) is 0. The summed E-state index contributed by atoms with van der Waals surface area (Å²) in [5, 5.41) is 3.13. The monoisotopic (exact) mass is 304 g/mol. The lowest BCUT2D eigenvalue weighted by Crippen LogP contribution is -2.40. The smallest absolute Gasteiger partial charge is 0.264 e. The highest BCUT2D eigenvalue weighted by molar-refractivity contribution is 7.90. The van der Waals surface area contributed by atoms with E-state index in [9.17, 15) is 13.2 Å². The number of carbonyl (C=O) groups is 1. The van der Waals surface area contributed by atoms with Crippen molar-refractivity contribution in [1.82, 2.24) is 10.0 Å². The van der Waals surface area contributed by atoms with Gasteiger partial charge in [-0.2, -0.15) is 0 Å². The summed E-state index contributed by atoms with van der Waals surface area (Å²) in [5.74, 6) is -0.620. The number of benzene rings is 1. The van der Waals surface area contributed by atoms with E-state index in [1.54, 1.807) is 18.2 Å². The first-order chi connectivity index (χ1) is 8.59. The third kappa shape index (κ3) is 4.19. The van der Waals surface area contributed by atoms with Crippen molar-refractivity contribution < 1.29 is 13.2 Å². The molecule has 106 valence electrons. The molecule has 19 heavy (non-hydrogen) atoms. The molecule has 1 aliphatic rings. The predicted octanol–water partition coefficient (Wildman–Crippen LogP) is 0.913. The fraction of sp³-hybridized carbons (Fsp3) is 0.417. The van der Waals surface area contributed by atoms with Gasteiger partial charge in [0.2, 0.25) is 5.91 Å². The largest absolute Gasteiger partial charge is 0.317 e. The maximum Gasteiger partial charge on any atom is 0.264 e. The molecule has 0 unspecified atom stereocenters. The van der Waals surface area contributed by atoms with Crippen molar-refractivity contribution in [3.05, 3.63) is 30.3 Å². The fourth-order valence-corrected chi connectivity index (χ4v) is 3.02. The Morgan fingerprint density at radius 3 is 2.32 bits per heavy atom. The second kappa shape index (κ2) is 6.88. The molecule has 1 aliphatic heterocycles. The Morgan fingerprint density at radius 2 is 1.74 bits per heavy atom. The lowest BCUT2D eigenvalue weighted by Gasteiger charge is -2.21. The van der Waals surface area contributed by atoms with Crippen molar-refractivity contribution in [2.45, 2.75) is 17.7 Å². The van der Waals surface area contributed by atoms with Crippen LogP contribution in [0.25, 0.3) is 0 Å². The van der Waals surface area contributed by atoms with Crippen LogP contribution in [0.3, 0.4) is 0 Å². The van der Waals surface area contributed by atoms with E-state index in [2.05, 4.69) is 10.0 Å². The van der Waals surface area contributed by atoms with Crippen LogP contribution in [0.2, 0.25) is 0 Å². The normalized spacial score (nSPS) is 16.4. The molecule has 1 fully saturated rings. The molecule has 0 saturated carbocycles. The Balaban J connectivity index is 0.00000180. The number of rotatable bonds is 3. The van der Waals surface area contributed by atoms with E-state index in [0.29, 0.717) is 12.8 Å². The van der Waals surface area contributed by atoms with Gasteiger partial charge in [-0.25, -0.2) is 13.1 Å². The SMILES string of the molecule is Cl.O=C(NS(=O)(=O)c1ccccc1)C1CCNCC1. The number of nitrogens with one attached hydrogen (secondary N) is 2. The van der Waals surface area contributed by atoms with E-state index in [1.165, 1.54) is 12.1 Å². The van der Waals surface area contributed by atoms with Crippen molar-refractivity contribution in [2.24, 2.45) is 5.92 Å². The Labute approximate surface area is 119 Å². The number of sulfonamides is 1. The van der Waals surface area contributed by atoms with Crippen LogP contribution in [0.15, 0.2) is 35.2 Å². The maximum atomic E-state index is 11.9. The van der Waals surface area contributed by atoms with Gasteiger partial charge in [0.15, 0.2) is 0 Å². The summed E-state index contributed by atoms with van der Waals surface area (Å²) in [6.07, 6.45) is 1.35. The van der Waals surface area contributed by atoms with Crippen molar-refractivity contribution in [2.75, 3.05) is 13.1 Å². The number of piperidine rings is 1. The van der Waals surface area contributed by atoms with Gasteiger partial charge in [0.1, 0.15) is 0 Å². The molecule has 0 spiro atoms. The first-order valence-electron chi connectivity index (χ1n) is 5.92. The average Bonchev–Trinajstić information content (AvgIpc) is 2.40. The molecule has 1 amide bonds. The summed E-state index contributed by atoms with van der Waals surface area (Å²) in [4.78, 5) is 12.0. The molecule has 0 bridgehead atoms. The van der Waals surface area contributed by atoms with Crippen LogP contribution in [0.5, 0.6) is 0 Å². The Hall–Kier alpha value is -1.11. The van der Waals surface area contributed by atoms with Crippen LogP contribution >= 0.6 is 12.4 Å². The Morgan fingerprint density at radius 1 is 1.16 bits per heavy atom. The zero-order valence-electron chi connectivity index (χ0n) is 10.3. The van der Waals surface area contributed by atoms with Crippen LogP contribution in [-0.2, 0) is 14.8 Å². The third-order valence-corrected chi connectivity index (χ3v) is 4.36. The molecule has 2 rings (SSSR count). The van der Waals surface area contributed by atoms with Crippen LogP contribution in [0.4, 0.5) is 0 Å². The van der Waals surface area contributed by atoms with Crippen LogP contribution in [0, 0.1) is 5.92 Å². The van der Waals surface area contributed by atoms with Gasteiger partial charge in [-0.15, -0.1) is 12.4 Å². The molecule has 1 aromatic carbocycles. The Bertz CT molecular complexity index is 513. The number of halogens is 1. The standard InChI is InChI=1S/C12H16N2O3S.ClH/c15-12(10-6-8-13-9-7-10)14-18(16,17)11-4-2-1-3-5-11;/h1-5,10,13H,6-9H2,(H,14,15);1H. The first kappa shape index (κ1) is 15.9. The molecular weight excluding hydrogens is 288 g/mol. The average molecular weight is 305 g/mol. The molecule has 0 aliphatic carbocycles. The van der Waals surface area contributed by atoms with Crippen molar-refractivity contribution >= 4 is 28.3 Å². The van der Waals surface area contributed by atoms with E-state index < -0.39 is 15.9 Å². The molecule has 1 heterocycles. The summed E-state index contributed by atoms with van der Waals surface area (Å²) in [6.45, 7) is 1.51. The van der Waals surface area contributed by atoms with Crippen LogP contribution < -0.4 is 10.0 Å². The molecular formula is C12H17ClN2O3S. The van der Waals surface area contributed by atoms with Crippen molar-refractivity contribution in [3.8, 4) is 0 Å². The van der Waals surface area contributed by atoms with Gasteiger partial charge in [-0.05, 0) is 38.1 Å². The zero-order chi connectivity index (χ0) is 13.0. The summed E-state index contributed by atoms with van der Waals surface area (Å²) < 4.78 is 26.0. The van der Waals surface area contributed by atoms with E-state index >= 15 is 0 Å². The van der Waals surface area contributed by atoms with E-state index in [0.717, 1.165) is 13.1 Å². The minimum Gasteiger partial charge on any atom is -0.317 e. The molecule has 5 nitrogen and oxygen atoms in total. The minimum absolute atomic E-state index is 0. The van der Waals surface area contributed by atoms with Gasteiger partial charge in [-0.3, -0.25) is 4.79 Å². The molecule has 0 radical (unpaired) electrons. The zero-order valence-corrected chi connectivity index (χ0v) is 12.0. The molecule has 0 aromatic heterocycles. The highest BCUT2D eigenvalue weighted by Crippen LogP contribution is 2.14. The Kier molecular flexibility index (Phi) is 5.78. The molecule has 1 saturated heterocycles. The highest BCUT2D eigenvalue weighted by atomic mass is 35.5. The van der Waals surface area contributed by atoms with Crippen LogP contribution in [-0.4, -0.2) is 27.4 Å². The van der Waals surface area contributed by atoms with Crippen molar-refractivity contribution in [1.29, 1.82) is 0 Å². The number of carbonyl (C=O) groups excluding carboxylic acids is 1. The van der Waals surface area contributed by atoms with Gasteiger partial charge >= 0.3 is 0 Å². The lowest BCUT2D eigenvalue weighted by atomic mass is 9.98. The summed E-state index contributed by atoms with van der Waals surface area (Å²) >= 11 is 0. The van der Waals surface area contributed by atoms with E-state index in [1.807, 2.05) is 0 Å². The van der Waals surface area contributed by atoms with Crippen LogP contribution in [0.1, 0.15) is 12.8 Å². The molecule has 7 heteroatoms. The maximum absolute atomic E-state index is 11.9. The van der Waals surface area contributed by atoms with Gasteiger partial charge in [-0.1, -0.05) is 18.2 Å². The number of hydrogen-bond acceptors (Lipinski definition) is 4. The minimum atomic E-state index is -3.73. The van der Waals surface area contributed by atoms with Gasteiger partial charge in [0.25, 0.3) is 10.0 Å². The third-order valence-electron chi connectivity index (χ3n) is 3.00. The molecule has 1 aromatic rings. The topological polar surface area (TPSA) is 75.3 Å². The summed E-state index contributed by atoms with van der Waals surface area (Å²) in [6, 6.07) is 7.93. The van der Waals surface area contributed by atoms with Gasteiger partial charge in [0.05, 0.1) is 4.90 Å². The quantitative estimate of drug-likeness (QED) is 0.870. The highest BCUT2D eigenvalue weighted by Gasteiger charge is 2.25. The second-order valence-electron chi connectivity index (χ2n) is 4.31. The fourth-order valence-electron chi connectivity index (χ4n) is 1.96. The molecule has 0 atom stereocenters. The first-order valence-corrected chi connectivity index (χ1v) is 7.40. The molecule has 2 N–H and O–H groups in total. The van der Waals surface area contributed by atoms with Gasteiger partial charge < -0.3 is 5.32 Å². The van der Waals surface area contributed by atoms with E-state index in [4.69, 9.17) is 0 Å².